The zero-order chi connectivity index (χ0) is 19.0. The van der Waals surface area contributed by atoms with Crippen molar-refractivity contribution in [3.8, 4) is 11.3 Å². The largest absolute Gasteiger partial charge is 0.469 e. The van der Waals surface area contributed by atoms with Gasteiger partial charge in [-0.3, -0.25) is 9.69 Å². The smallest absolute Gasteiger partial charge is 0.329 e. The number of aryl methyl sites for hydroxylation is 1. The fourth-order valence-corrected chi connectivity index (χ4v) is 3.66. The van der Waals surface area contributed by atoms with Crippen LogP contribution in [0.1, 0.15) is 23.7 Å². The minimum Gasteiger partial charge on any atom is -0.469 e. The van der Waals surface area contributed by atoms with Crippen LogP contribution in [0.3, 0.4) is 0 Å². The van der Waals surface area contributed by atoms with Crippen LogP contribution in [0.25, 0.3) is 11.3 Å². The van der Waals surface area contributed by atoms with Gasteiger partial charge in [-0.25, -0.2) is 4.79 Å². The summed E-state index contributed by atoms with van der Waals surface area (Å²) in [5.74, 6) is 0.168. The highest BCUT2D eigenvalue weighted by molar-refractivity contribution is 6.06. The minimum absolute atomic E-state index is 0.163. The van der Waals surface area contributed by atoms with Gasteiger partial charge in [0.05, 0.1) is 31.2 Å². The molecule has 2 aromatic heterocycles. The lowest BCUT2D eigenvalue weighted by Crippen LogP contribution is -2.42. The first-order chi connectivity index (χ1) is 13.1. The number of carbonyl (C=O) groups excluding carboxylic acids is 2. The molecular formula is C21H19NO5. The average Bonchev–Trinajstić information content (AvgIpc) is 3.41. The van der Waals surface area contributed by atoms with Crippen LogP contribution < -0.4 is 4.90 Å². The third kappa shape index (κ3) is 2.93. The van der Waals surface area contributed by atoms with Crippen LogP contribution in [-0.4, -0.2) is 25.0 Å². The molecule has 0 unspecified atom stereocenters. The Morgan fingerprint density at radius 2 is 1.93 bits per heavy atom. The Kier molecular flexibility index (Phi) is 4.32. The molecule has 1 saturated heterocycles. The molecule has 27 heavy (non-hydrogen) atoms. The lowest BCUT2D eigenvalue weighted by molar-refractivity contribution is -0.142. The van der Waals surface area contributed by atoms with Gasteiger partial charge in [0.25, 0.3) is 0 Å². The van der Waals surface area contributed by atoms with E-state index in [4.69, 9.17) is 13.6 Å². The molecule has 4 rings (SSSR count). The number of hydrogen-bond donors (Lipinski definition) is 0. The van der Waals surface area contributed by atoms with E-state index in [0.29, 0.717) is 17.2 Å². The summed E-state index contributed by atoms with van der Waals surface area (Å²) in [4.78, 5) is 27.1. The average molecular weight is 365 g/mol. The molecule has 6 nitrogen and oxygen atoms in total. The van der Waals surface area contributed by atoms with Crippen molar-refractivity contribution >= 4 is 17.6 Å². The van der Waals surface area contributed by atoms with Gasteiger partial charge in [0.15, 0.2) is 0 Å². The first-order valence-electron chi connectivity index (χ1n) is 8.68. The molecule has 1 aromatic carbocycles. The van der Waals surface area contributed by atoms with Crippen LogP contribution in [0, 0.1) is 6.92 Å². The first kappa shape index (κ1) is 17.1. The number of benzene rings is 1. The molecule has 1 aliphatic heterocycles. The van der Waals surface area contributed by atoms with Gasteiger partial charge in [-0.1, -0.05) is 11.6 Å². The summed E-state index contributed by atoms with van der Waals surface area (Å²) in [6.07, 6.45) is 3.28. The molecule has 6 heteroatoms. The monoisotopic (exact) mass is 365 g/mol. The van der Waals surface area contributed by atoms with Crippen molar-refractivity contribution in [3.05, 3.63) is 66.3 Å². The molecule has 1 aliphatic rings. The number of carbonyl (C=O) groups is 2. The van der Waals surface area contributed by atoms with E-state index in [1.807, 2.05) is 31.2 Å². The van der Waals surface area contributed by atoms with Crippen LogP contribution in [-0.2, 0) is 14.3 Å². The second kappa shape index (κ2) is 6.79. The summed E-state index contributed by atoms with van der Waals surface area (Å²) in [5, 5.41) is 0. The van der Waals surface area contributed by atoms with Gasteiger partial charge >= 0.3 is 5.97 Å². The van der Waals surface area contributed by atoms with Crippen LogP contribution in [0.5, 0.6) is 0 Å². The van der Waals surface area contributed by atoms with E-state index >= 15 is 0 Å². The molecule has 0 N–H and O–H groups in total. The molecular weight excluding hydrogens is 346 g/mol. The highest BCUT2D eigenvalue weighted by Crippen LogP contribution is 2.42. The van der Waals surface area contributed by atoms with Crippen molar-refractivity contribution in [2.24, 2.45) is 0 Å². The Hall–Kier alpha value is -3.28. The van der Waals surface area contributed by atoms with Gasteiger partial charge in [0.2, 0.25) is 5.91 Å². The van der Waals surface area contributed by atoms with Crippen LogP contribution in [0.4, 0.5) is 5.69 Å². The molecule has 0 saturated carbocycles. The van der Waals surface area contributed by atoms with Crippen molar-refractivity contribution in [3.63, 3.8) is 0 Å². The van der Waals surface area contributed by atoms with E-state index in [-0.39, 0.29) is 12.3 Å². The van der Waals surface area contributed by atoms with E-state index in [0.717, 1.165) is 11.1 Å². The molecule has 2 atom stereocenters. The number of hydrogen-bond acceptors (Lipinski definition) is 5. The zero-order valence-corrected chi connectivity index (χ0v) is 15.0. The summed E-state index contributed by atoms with van der Waals surface area (Å²) < 4.78 is 16.1. The number of furan rings is 2. The SMILES string of the molecule is COC(=O)[C@@H]1[C@@H](c2ccco2)CC(=O)N1c1ccc(C)cc1-c1ccco1. The Morgan fingerprint density at radius 1 is 1.15 bits per heavy atom. The van der Waals surface area contributed by atoms with Crippen molar-refractivity contribution in [1.29, 1.82) is 0 Å². The number of amides is 1. The summed E-state index contributed by atoms with van der Waals surface area (Å²) >= 11 is 0. The number of anilines is 1. The highest BCUT2D eigenvalue weighted by atomic mass is 16.5. The van der Waals surface area contributed by atoms with E-state index in [2.05, 4.69) is 0 Å². The number of methoxy groups -OCH3 is 1. The molecule has 1 fully saturated rings. The molecule has 3 aromatic rings. The number of rotatable bonds is 4. The van der Waals surface area contributed by atoms with E-state index < -0.39 is 17.9 Å². The molecule has 0 aliphatic carbocycles. The third-order valence-electron chi connectivity index (χ3n) is 4.87. The van der Waals surface area contributed by atoms with E-state index in [1.54, 1.807) is 24.5 Å². The Labute approximate surface area is 156 Å². The zero-order valence-electron chi connectivity index (χ0n) is 15.0. The molecule has 0 spiro atoms. The van der Waals surface area contributed by atoms with E-state index in [9.17, 15) is 9.59 Å². The quantitative estimate of drug-likeness (QED) is 0.656. The summed E-state index contributed by atoms with van der Waals surface area (Å²) in [7, 11) is 1.32. The summed E-state index contributed by atoms with van der Waals surface area (Å²) in [6, 6.07) is 12.0. The molecule has 138 valence electrons. The minimum atomic E-state index is -0.801. The maximum Gasteiger partial charge on any atom is 0.329 e. The standard InChI is InChI=1S/C21H19NO5/c1-13-7-8-16(14(11-13)17-5-3-9-26-17)22-19(23)12-15(18-6-4-10-27-18)20(22)21(24)25-2/h3-11,15,20H,12H2,1-2H3/t15-,20+/m1/s1. The predicted molar refractivity (Wildman–Crippen MR) is 98.2 cm³/mol. The lowest BCUT2D eigenvalue weighted by atomic mass is 9.96. The first-order valence-corrected chi connectivity index (χ1v) is 8.68. The van der Waals surface area contributed by atoms with Gasteiger partial charge < -0.3 is 13.6 Å². The van der Waals surface area contributed by atoms with Gasteiger partial charge in [0.1, 0.15) is 17.6 Å². The molecule has 3 heterocycles. The van der Waals surface area contributed by atoms with Crippen molar-refractivity contribution in [2.75, 3.05) is 12.0 Å². The molecule has 1 amide bonds. The predicted octanol–water partition coefficient (Wildman–Crippen LogP) is 3.91. The Balaban J connectivity index is 1.85. The van der Waals surface area contributed by atoms with E-state index in [1.165, 1.54) is 18.3 Å². The number of nitrogens with zero attached hydrogens (tertiary/aromatic N) is 1. The molecule has 0 bridgehead atoms. The Morgan fingerprint density at radius 3 is 2.59 bits per heavy atom. The second-order valence-corrected chi connectivity index (χ2v) is 6.56. The summed E-state index contributed by atoms with van der Waals surface area (Å²) in [5.41, 5.74) is 2.39. The van der Waals surface area contributed by atoms with Gasteiger partial charge in [-0.15, -0.1) is 0 Å². The normalized spacial score (nSPS) is 19.5. The Bertz CT molecular complexity index is 959. The van der Waals surface area contributed by atoms with Gasteiger partial charge in [-0.05, 0) is 43.3 Å². The van der Waals surface area contributed by atoms with Crippen molar-refractivity contribution in [1.82, 2.24) is 0 Å². The second-order valence-electron chi connectivity index (χ2n) is 6.56. The number of esters is 1. The van der Waals surface area contributed by atoms with Gasteiger partial charge in [-0.2, -0.15) is 0 Å². The highest BCUT2D eigenvalue weighted by Gasteiger charge is 2.48. The maximum absolute atomic E-state index is 13.0. The molecule has 0 radical (unpaired) electrons. The van der Waals surface area contributed by atoms with Gasteiger partial charge in [0, 0.05) is 12.0 Å². The van der Waals surface area contributed by atoms with Crippen molar-refractivity contribution in [2.45, 2.75) is 25.3 Å². The van der Waals surface area contributed by atoms with Crippen LogP contribution in [0.15, 0.2) is 63.8 Å². The number of ether oxygens (including phenoxy) is 1. The van der Waals surface area contributed by atoms with Crippen LogP contribution in [0.2, 0.25) is 0 Å². The fourth-order valence-electron chi connectivity index (χ4n) is 3.66. The fraction of sp³-hybridized carbons (Fsp3) is 0.238. The third-order valence-corrected chi connectivity index (χ3v) is 4.87. The van der Waals surface area contributed by atoms with Crippen LogP contribution >= 0.6 is 0 Å². The van der Waals surface area contributed by atoms with Crippen molar-refractivity contribution < 1.29 is 23.2 Å². The topological polar surface area (TPSA) is 72.9 Å². The maximum atomic E-state index is 13.0. The summed E-state index contributed by atoms with van der Waals surface area (Å²) in [6.45, 7) is 1.96. The lowest BCUT2D eigenvalue weighted by Gasteiger charge is -2.27.